The Kier molecular flexibility index (Phi) is 6.49. The van der Waals surface area contributed by atoms with E-state index in [0.717, 1.165) is 55.5 Å². The maximum atomic E-state index is 12.9. The third-order valence-electron chi connectivity index (χ3n) is 5.25. The third kappa shape index (κ3) is 4.43. The van der Waals surface area contributed by atoms with Gasteiger partial charge in [-0.05, 0) is 38.2 Å². The molecule has 2 amide bonds. The lowest BCUT2D eigenvalue weighted by Crippen LogP contribution is -2.29. The van der Waals surface area contributed by atoms with E-state index in [1.807, 2.05) is 36.7 Å². The molecule has 1 N–H and O–H groups in total. The van der Waals surface area contributed by atoms with Crippen LogP contribution in [0.4, 0.5) is 0 Å². The smallest absolute Gasteiger partial charge is 0.287 e. The van der Waals surface area contributed by atoms with Crippen LogP contribution in [0.3, 0.4) is 0 Å². The number of amides is 2. The van der Waals surface area contributed by atoms with Crippen molar-refractivity contribution in [2.24, 2.45) is 0 Å². The molecule has 1 aromatic carbocycles. The molecule has 0 unspecified atom stereocenters. The number of benzene rings is 1. The second-order valence-corrected chi connectivity index (χ2v) is 7.59. The van der Waals surface area contributed by atoms with Gasteiger partial charge in [0.05, 0.1) is 5.69 Å². The minimum atomic E-state index is -0.222. The summed E-state index contributed by atoms with van der Waals surface area (Å²) in [6.07, 6.45) is 4.81. The van der Waals surface area contributed by atoms with E-state index in [1.54, 1.807) is 4.90 Å². The molecule has 0 saturated carbocycles. The average Bonchev–Trinajstić information content (AvgIpc) is 3.09. The van der Waals surface area contributed by atoms with Crippen LogP contribution in [0, 0.1) is 6.92 Å². The molecule has 28 heavy (non-hydrogen) atoms. The molecule has 6 nitrogen and oxygen atoms in total. The molecular weight excluding hydrogens is 352 g/mol. The first-order chi connectivity index (χ1) is 13.5. The maximum absolute atomic E-state index is 12.9. The van der Waals surface area contributed by atoms with E-state index < -0.39 is 0 Å². The van der Waals surface area contributed by atoms with Crippen LogP contribution in [0.25, 0.3) is 0 Å². The molecule has 6 heteroatoms. The Hall–Kier alpha value is -2.63. The Balaban J connectivity index is 1.80. The lowest BCUT2D eigenvalue weighted by molar-refractivity contribution is 0.0786. The first-order valence-electron chi connectivity index (χ1n) is 10.2. The Morgan fingerprint density at radius 3 is 2.86 bits per heavy atom. The summed E-state index contributed by atoms with van der Waals surface area (Å²) in [5.74, 6) is 0.0475. The highest BCUT2D eigenvalue weighted by atomic mass is 16.2. The molecule has 0 spiro atoms. The molecule has 1 aliphatic rings. The van der Waals surface area contributed by atoms with Gasteiger partial charge in [0.2, 0.25) is 0 Å². The fourth-order valence-electron chi connectivity index (χ4n) is 3.65. The molecule has 150 valence electrons. The van der Waals surface area contributed by atoms with Crippen molar-refractivity contribution in [1.29, 1.82) is 0 Å². The summed E-state index contributed by atoms with van der Waals surface area (Å²) in [6.45, 7) is 6.02. The van der Waals surface area contributed by atoms with Crippen molar-refractivity contribution in [2.75, 3.05) is 13.6 Å². The van der Waals surface area contributed by atoms with E-state index in [4.69, 9.17) is 0 Å². The predicted octanol–water partition coefficient (Wildman–Crippen LogP) is 3.33. The number of nitrogens with zero attached hydrogens (tertiary/aromatic N) is 3. The van der Waals surface area contributed by atoms with Crippen molar-refractivity contribution < 1.29 is 9.59 Å². The maximum Gasteiger partial charge on any atom is 0.287 e. The fraction of sp³-hybridized carbons (Fsp3) is 0.500. The van der Waals surface area contributed by atoms with Crippen LogP contribution in [-0.2, 0) is 19.5 Å². The van der Waals surface area contributed by atoms with Gasteiger partial charge in [-0.25, -0.2) is 4.98 Å². The molecular formula is C22H30N4O2. The average molecular weight is 383 g/mol. The topological polar surface area (TPSA) is 67.2 Å². The Morgan fingerprint density at radius 1 is 1.29 bits per heavy atom. The highest BCUT2D eigenvalue weighted by molar-refractivity contribution is 5.97. The number of aryl methyl sites for hydroxylation is 1. The van der Waals surface area contributed by atoms with Gasteiger partial charge in [0.15, 0.2) is 5.82 Å². The van der Waals surface area contributed by atoms with Crippen molar-refractivity contribution in [2.45, 2.75) is 59.0 Å². The summed E-state index contributed by atoms with van der Waals surface area (Å²) in [7, 11) is 1.81. The number of hydrogen-bond acceptors (Lipinski definition) is 3. The van der Waals surface area contributed by atoms with Gasteiger partial charge in [0, 0.05) is 26.7 Å². The molecule has 3 rings (SSSR count). The van der Waals surface area contributed by atoms with Crippen molar-refractivity contribution in [3.63, 3.8) is 0 Å². The zero-order valence-corrected chi connectivity index (χ0v) is 17.1. The number of carbonyl (C=O) groups is 2. The van der Waals surface area contributed by atoms with Crippen molar-refractivity contribution in [3.8, 4) is 0 Å². The molecule has 1 aromatic heterocycles. The standard InChI is InChI=1S/C22H30N4O2/c1-4-5-12-25(3)22(28)19-18-11-6-7-13-26(18)20(24-19)21(27)23-15-17-10-8-9-16(2)14-17/h8-10,14H,4-7,11-13,15H2,1-3H3,(H,23,27). The van der Waals surface area contributed by atoms with Gasteiger partial charge in [0.25, 0.3) is 11.8 Å². The first-order valence-corrected chi connectivity index (χ1v) is 10.2. The van der Waals surface area contributed by atoms with Crippen molar-refractivity contribution >= 4 is 11.8 Å². The summed E-state index contributed by atoms with van der Waals surface area (Å²) < 4.78 is 1.94. The summed E-state index contributed by atoms with van der Waals surface area (Å²) >= 11 is 0. The summed E-state index contributed by atoms with van der Waals surface area (Å²) in [6, 6.07) is 8.06. The van der Waals surface area contributed by atoms with Gasteiger partial charge in [0.1, 0.15) is 5.69 Å². The van der Waals surface area contributed by atoms with Crippen LogP contribution in [0.5, 0.6) is 0 Å². The van der Waals surface area contributed by atoms with E-state index in [-0.39, 0.29) is 11.8 Å². The third-order valence-corrected chi connectivity index (χ3v) is 5.25. The van der Waals surface area contributed by atoms with Crippen LogP contribution in [0.2, 0.25) is 0 Å². The Morgan fingerprint density at radius 2 is 2.11 bits per heavy atom. The molecule has 0 radical (unpaired) electrons. The fourth-order valence-corrected chi connectivity index (χ4v) is 3.65. The van der Waals surface area contributed by atoms with Crippen LogP contribution in [0.1, 0.15) is 70.5 Å². The van der Waals surface area contributed by atoms with E-state index >= 15 is 0 Å². The van der Waals surface area contributed by atoms with E-state index in [2.05, 4.69) is 23.3 Å². The van der Waals surface area contributed by atoms with Gasteiger partial charge < -0.3 is 14.8 Å². The number of aromatic nitrogens is 2. The second-order valence-electron chi connectivity index (χ2n) is 7.59. The lowest BCUT2D eigenvalue weighted by Gasteiger charge is -2.19. The highest BCUT2D eigenvalue weighted by Gasteiger charge is 2.28. The van der Waals surface area contributed by atoms with Gasteiger partial charge in [-0.3, -0.25) is 9.59 Å². The lowest BCUT2D eigenvalue weighted by atomic mass is 10.1. The molecule has 0 atom stereocenters. The minimum absolute atomic E-state index is 0.0863. The first kappa shape index (κ1) is 20.1. The predicted molar refractivity (Wildman–Crippen MR) is 109 cm³/mol. The monoisotopic (exact) mass is 382 g/mol. The van der Waals surface area contributed by atoms with Crippen molar-refractivity contribution in [1.82, 2.24) is 19.8 Å². The number of unbranched alkanes of at least 4 members (excludes halogenated alkanes) is 1. The van der Waals surface area contributed by atoms with E-state index in [0.29, 0.717) is 24.6 Å². The molecule has 0 aliphatic carbocycles. The molecule has 2 aromatic rings. The van der Waals surface area contributed by atoms with Gasteiger partial charge in [-0.2, -0.15) is 0 Å². The minimum Gasteiger partial charge on any atom is -0.345 e. The number of carbonyl (C=O) groups excluding carboxylic acids is 2. The van der Waals surface area contributed by atoms with Gasteiger partial charge in [-0.1, -0.05) is 43.2 Å². The molecule has 0 bridgehead atoms. The van der Waals surface area contributed by atoms with E-state index in [1.165, 1.54) is 0 Å². The molecule has 1 aliphatic heterocycles. The van der Waals surface area contributed by atoms with Crippen LogP contribution < -0.4 is 5.32 Å². The Labute approximate surface area is 166 Å². The highest BCUT2D eigenvalue weighted by Crippen LogP contribution is 2.22. The van der Waals surface area contributed by atoms with E-state index in [9.17, 15) is 9.59 Å². The quantitative estimate of drug-likeness (QED) is 0.799. The summed E-state index contributed by atoms with van der Waals surface area (Å²) in [5.41, 5.74) is 3.56. The zero-order chi connectivity index (χ0) is 20.1. The number of hydrogen-bond donors (Lipinski definition) is 1. The summed E-state index contributed by atoms with van der Waals surface area (Å²) in [5, 5.41) is 2.96. The normalized spacial score (nSPS) is 13.1. The largest absolute Gasteiger partial charge is 0.345 e. The number of nitrogens with one attached hydrogen (secondary N) is 1. The molecule has 0 fully saturated rings. The summed E-state index contributed by atoms with van der Waals surface area (Å²) in [4.78, 5) is 32.0. The number of fused-ring (bicyclic) bond motifs is 1. The number of rotatable bonds is 7. The molecule has 0 saturated heterocycles. The van der Waals surface area contributed by atoms with Crippen LogP contribution in [0.15, 0.2) is 24.3 Å². The van der Waals surface area contributed by atoms with Crippen molar-refractivity contribution in [3.05, 3.63) is 52.6 Å². The Bertz CT molecular complexity index is 856. The van der Waals surface area contributed by atoms with Gasteiger partial charge in [-0.15, -0.1) is 0 Å². The number of imidazole rings is 1. The second kappa shape index (κ2) is 9.04. The zero-order valence-electron chi connectivity index (χ0n) is 17.1. The SMILES string of the molecule is CCCCN(C)C(=O)c1nc(C(=O)NCc2cccc(C)c2)n2c1CCCC2. The van der Waals surface area contributed by atoms with Crippen LogP contribution >= 0.6 is 0 Å². The van der Waals surface area contributed by atoms with Gasteiger partial charge >= 0.3 is 0 Å². The molecule has 2 heterocycles. The van der Waals surface area contributed by atoms with Crippen LogP contribution in [-0.4, -0.2) is 39.9 Å².